The van der Waals surface area contributed by atoms with Gasteiger partial charge in [0.15, 0.2) is 0 Å². The number of piperidine rings is 1. The molecule has 2 fully saturated rings. The zero-order valence-corrected chi connectivity index (χ0v) is 17.2. The topological polar surface area (TPSA) is 99.4 Å². The first-order valence-corrected chi connectivity index (χ1v) is 10.4. The summed E-state index contributed by atoms with van der Waals surface area (Å²) < 4.78 is 7.22. The van der Waals surface area contributed by atoms with Crippen molar-refractivity contribution >= 4 is 29.2 Å². The molecule has 2 aliphatic rings. The third-order valence-electron chi connectivity index (χ3n) is 6.08. The fourth-order valence-corrected chi connectivity index (χ4v) is 5.05. The van der Waals surface area contributed by atoms with E-state index in [0.717, 1.165) is 56.0 Å². The minimum Gasteiger partial charge on any atom is -0.398 e. The molecule has 0 saturated carbocycles. The average molecular weight is 402 g/mol. The number of ether oxygens (including phenoxy) is 1. The number of hydrogen-bond acceptors (Lipinski definition) is 7. The van der Waals surface area contributed by atoms with Gasteiger partial charge in [0, 0.05) is 37.3 Å². The molecule has 4 N–H and O–H groups in total. The molecule has 0 unspecified atom stereocenters. The Labute approximate surface area is 169 Å². The molecule has 0 aliphatic carbocycles. The summed E-state index contributed by atoms with van der Waals surface area (Å²) in [5.74, 6) is 0.916. The normalized spacial score (nSPS) is 18.7. The Bertz CT molecular complexity index is 942. The Morgan fingerprint density at radius 1 is 1.21 bits per heavy atom. The van der Waals surface area contributed by atoms with Crippen LogP contribution in [0.1, 0.15) is 24.8 Å². The van der Waals surface area contributed by atoms with E-state index < -0.39 is 0 Å². The summed E-state index contributed by atoms with van der Waals surface area (Å²) in [4.78, 5) is 21.2. The van der Waals surface area contributed by atoms with Gasteiger partial charge in [-0.15, -0.1) is 0 Å². The first kappa shape index (κ1) is 19.1. The molecule has 4 rings (SSSR count). The Hall–Kier alpha value is -2.19. The molecule has 0 bridgehead atoms. The lowest BCUT2D eigenvalue weighted by Gasteiger charge is -2.39. The first-order chi connectivity index (χ1) is 13.4. The van der Waals surface area contributed by atoms with E-state index >= 15 is 0 Å². The highest BCUT2D eigenvalue weighted by Gasteiger charge is 2.38. The molecule has 0 radical (unpaired) electrons. The van der Waals surface area contributed by atoms with Crippen molar-refractivity contribution in [2.75, 3.05) is 42.7 Å². The zero-order chi connectivity index (χ0) is 19.9. The quantitative estimate of drug-likeness (QED) is 0.762. The van der Waals surface area contributed by atoms with Gasteiger partial charge >= 0.3 is 0 Å². The van der Waals surface area contributed by atoms with Crippen LogP contribution in [0.4, 0.5) is 17.5 Å². The summed E-state index contributed by atoms with van der Waals surface area (Å²) in [6, 6.07) is 5.67. The lowest BCUT2D eigenvalue weighted by atomic mass is 9.78. The summed E-state index contributed by atoms with van der Waals surface area (Å²) in [7, 11) is 1.77. The fourth-order valence-electron chi connectivity index (χ4n) is 4.04. The molecule has 2 aliphatic heterocycles. The number of nitrogen functional groups attached to an aromatic ring is 2. The number of aromatic nitrogens is 2. The van der Waals surface area contributed by atoms with Gasteiger partial charge in [-0.1, -0.05) is 17.8 Å². The second kappa shape index (κ2) is 7.33. The molecule has 2 aromatic rings. The maximum absolute atomic E-state index is 13.0. The number of rotatable bonds is 3. The second-order valence-electron chi connectivity index (χ2n) is 7.85. The average Bonchev–Trinajstić information content (AvgIpc) is 3.14. The molecule has 7 nitrogen and oxygen atoms in total. The van der Waals surface area contributed by atoms with Gasteiger partial charge in [0.1, 0.15) is 10.7 Å². The maximum Gasteiger partial charge on any atom is 0.270 e. The Morgan fingerprint density at radius 2 is 1.96 bits per heavy atom. The van der Waals surface area contributed by atoms with Crippen molar-refractivity contribution in [3.63, 3.8) is 0 Å². The van der Waals surface area contributed by atoms with E-state index in [1.807, 2.05) is 25.1 Å². The minimum atomic E-state index is -0.126. The van der Waals surface area contributed by atoms with Crippen LogP contribution < -0.4 is 21.9 Å². The molecule has 150 valence electrons. The number of anilines is 3. The lowest BCUT2D eigenvalue weighted by Crippen LogP contribution is -2.43. The molecule has 0 amide bonds. The van der Waals surface area contributed by atoms with Crippen molar-refractivity contribution < 1.29 is 4.74 Å². The SMILES string of the molecule is Cc1c(N)cccc1Sc1c(N)nc(N2CCC3(CCOC3)CC2)n(C)c1=O. The van der Waals surface area contributed by atoms with Gasteiger partial charge in [-0.05, 0) is 49.3 Å². The second-order valence-corrected chi connectivity index (χ2v) is 8.90. The summed E-state index contributed by atoms with van der Waals surface area (Å²) in [5.41, 5.74) is 14.0. The molecule has 2 saturated heterocycles. The lowest BCUT2D eigenvalue weighted by molar-refractivity contribution is 0.133. The molecular formula is C20H27N5O2S. The fraction of sp³-hybridized carbons (Fsp3) is 0.500. The van der Waals surface area contributed by atoms with Crippen LogP contribution in [0, 0.1) is 12.3 Å². The summed E-state index contributed by atoms with van der Waals surface area (Å²) in [6.45, 7) is 5.38. The zero-order valence-electron chi connectivity index (χ0n) is 16.4. The summed E-state index contributed by atoms with van der Waals surface area (Å²) in [6.07, 6.45) is 3.24. The van der Waals surface area contributed by atoms with E-state index in [2.05, 4.69) is 9.88 Å². The van der Waals surface area contributed by atoms with E-state index in [0.29, 0.717) is 21.9 Å². The number of nitrogens with zero attached hydrogens (tertiary/aromatic N) is 3. The third-order valence-corrected chi connectivity index (χ3v) is 7.33. The molecule has 1 aromatic carbocycles. The van der Waals surface area contributed by atoms with E-state index in [-0.39, 0.29) is 11.4 Å². The van der Waals surface area contributed by atoms with Crippen LogP contribution >= 0.6 is 11.8 Å². The molecule has 3 heterocycles. The predicted molar refractivity (Wildman–Crippen MR) is 113 cm³/mol. The Balaban J connectivity index is 1.60. The first-order valence-electron chi connectivity index (χ1n) is 9.62. The van der Waals surface area contributed by atoms with E-state index in [4.69, 9.17) is 16.2 Å². The minimum absolute atomic E-state index is 0.126. The molecule has 1 spiro atoms. The van der Waals surface area contributed by atoms with Crippen LogP contribution in [0.15, 0.2) is 32.8 Å². The smallest absolute Gasteiger partial charge is 0.270 e. The molecule has 1 aromatic heterocycles. The number of hydrogen-bond donors (Lipinski definition) is 2. The van der Waals surface area contributed by atoms with E-state index in [1.165, 1.54) is 11.8 Å². The van der Waals surface area contributed by atoms with Crippen molar-refractivity contribution in [2.45, 2.75) is 36.0 Å². The highest BCUT2D eigenvalue weighted by Crippen LogP contribution is 2.40. The van der Waals surface area contributed by atoms with Gasteiger partial charge < -0.3 is 21.1 Å². The van der Waals surface area contributed by atoms with Crippen molar-refractivity contribution in [1.29, 1.82) is 0 Å². The maximum atomic E-state index is 13.0. The number of nitrogens with two attached hydrogens (primary N) is 2. The van der Waals surface area contributed by atoms with Crippen LogP contribution in [0.3, 0.4) is 0 Å². The Kier molecular flexibility index (Phi) is 5.01. The van der Waals surface area contributed by atoms with Gasteiger partial charge in [-0.2, -0.15) is 4.98 Å². The monoisotopic (exact) mass is 401 g/mol. The van der Waals surface area contributed by atoms with Crippen LogP contribution in [0.5, 0.6) is 0 Å². The highest BCUT2D eigenvalue weighted by atomic mass is 32.2. The highest BCUT2D eigenvalue weighted by molar-refractivity contribution is 7.99. The van der Waals surface area contributed by atoms with Gasteiger partial charge in [0.2, 0.25) is 5.95 Å². The molecule has 0 atom stereocenters. The van der Waals surface area contributed by atoms with E-state index in [1.54, 1.807) is 11.6 Å². The van der Waals surface area contributed by atoms with Gasteiger partial charge in [0.25, 0.3) is 5.56 Å². The predicted octanol–water partition coefficient (Wildman–Crippen LogP) is 2.41. The summed E-state index contributed by atoms with van der Waals surface area (Å²) in [5, 5.41) is 0. The van der Waals surface area contributed by atoms with Crippen molar-refractivity contribution in [3.8, 4) is 0 Å². The standard InChI is InChI=1S/C20H27N5O2S/c1-13-14(21)4-3-5-15(13)28-16-17(22)23-19(24(2)18(16)26)25-9-6-20(7-10-25)8-11-27-12-20/h3-5H,6-12,21-22H2,1-2H3. The largest absolute Gasteiger partial charge is 0.398 e. The van der Waals surface area contributed by atoms with Crippen LogP contribution in [-0.2, 0) is 11.8 Å². The molecule has 8 heteroatoms. The van der Waals surface area contributed by atoms with Crippen LogP contribution in [-0.4, -0.2) is 35.9 Å². The third kappa shape index (κ3) is 3.35. The van der Waals surface area contributed by atoms with Crippen molar-refractivity contribution in [2.24, 2.45) is 12.5 Å². The number of benzene rings is 1. The Morgan fingerprint density at radius 3 is 2.64 bits per heavy atom. The van der Waals surface area contributed by atoms with Gasteiger partial charge in [-0.25, -0.2) is 0 Å². The molecular weight excluding hydrogens is 374 g/mol. The van der Waals surface area contributed by atoms with Crippen LogP contribution in [0.2, 0.25) is 0 Å². The van der Waals surface area contributed by atoms with E-state index in [9.17, 15) is 4.79 Å². The molecule has 28 heavy (non-hydrogen) atoms. The van der Waals surface area contributed by atoms with Crippen LogP contribution in [0.25, 0.3) is 0 Å². The van der Waals surface area contributed by atoms with Gasteiger partial charge in [0.05, 0.1) is 6.61 Å². The van der Waals surface area contributed by atoms with Crippen molar-refractivity contribution in [3.05, 3.63) is 34.1 Å². The van der Waals surface area contributed by atoms with Gasteiger partial charge in [-0.3, -0.25) is 9.36 Å². The summed E-state index contributed by atoms with van der Waals surface area (Å²) >= 11 is 1.33. The van der Waals surface area contributed by atoms with Crippen molar-refractivity contribution in [1.82, 2.24) is 9.55 Å².